The van der Waals surface area contributed by atoms with E-state index in [1.165, 1.54) is 0 Å². The van der Waals surface area contributed by atoms with Gasteiger partial charge in [-0.2, -0.15) is 0 Å². The Labute approximate surface area is 148 Å². The van der Waals surface area contributed by atoms with E-state index in [1.807, 2.05) is 6.07 Å². The van der Waals surface area contributed by atoms with Crippen LogP contribution in [0, 0.1) is 0 Å². The van der Waals surface area contributed by atoms with Crippen molar-refractivity contribution in [2.45, 2.75) is 30.5 Å². The quantitative estimate of drug-likeness (QED) is 0.824. The second-order valence-corrected chi connectivity index (χ2v) is 9.66. The molecule has 25 heavy (non-hydrogen) atoms. The molecule has 0 N–H and O–H groups in total. The van der Waals surface area contributed by atoms with Gasteiger partial charge in [-0.05, 0) is 32.9 Å². The Balaban J connectivity index is 1.69. The Morgan fingerprint density at radius 3 is 2.12 bits per heavy atom. The van der Waals surface area contributed by atoms with Gasteiger partial charge in [0.15, 0.2) is 14.9 Å². The van der Waals surface area contributed by atoms with Crippen LogP contribution in [0.2, 0.25) is 0 Å². The molecule has 3 rings (SSSR count). The van der Waals surface area contributed by atoms with Crippen molar-refractivity contribution >= 4 is 21.3 Å². The summed E-state index contributed by atoms with van der Waals surface area (Å²) in [5.74, 6) is 0.881. The predicted molar refractivity (Wildman–Crippen MR) is 97.6 cm³/mol. The van der Waals surface area contributed by atoms with Crippen LogP contribution in [0.3, 0.4) is 0 Å². The van der Waals surface area contributed by atoms with Crippen molar-refractivity contribution in [1.82, 2.24) is 15.0 Å². The topological polar surface area (TPSA) is 79.3 Å². The molecule has 1 aliphatic rings. The van der Waals surface area contributed by atoms with Crippen molar-refractivity contribution in [2.24, 2.45) is 0 Å². The summed E-state index contributed by atoms with van der Waals surface area (Å²) in [4.78, 5) is 17.0. The van der Waals surface area contributed by atoms with Gasteiger partial charge < -0.3 is 9.80 Å². The molecule has 0 unspecified atom stereocenters. The molecular formula is C17H23N5O2S. The predicted octanol–water partition coefficient (Wildman–Crippen LogP) is 1.77. The molecule has 0 amide bonds. The fraction of sp³-hybridized carbons (Fsp3) is 0.471. The van der Waals surface area contributed by atoms with Gasteiger partial charge in [0, 0.05) is 38.6 Å². The summed E-state index contributed by atoms with van der Waals surface area (Å²) in [5.41, 5.74) is 0.937. The molecule has 0 spiro atoms. The second kappa shape index (κ2) is 6.59. The van der Waals surface area contributed by atoms with Crippen molar-refractivity contribution < 1.29 is 8.42 Å². The van der Waals surface area contributed by atoms with E-state index in [0.717, 1.165) is 37.7 Å². The van der Waals surface area contributed by atoms with Gasteiger partial charge in [-0.1, -0.05) is 0 Å². The summed E-state index contributed by atoms with van der Waals surface area (Å²) in [6.45, 7) is 8.37. The SMILES string of the molecule is CC(C)(C)S(=O)(=O)c1ccc(N2CCN(c3cnccn3)CC2)cn1. The Morgan fingerprint density at radius 1 is 0.920 bits per heavy atom. The van der Waals surface area contributed by atoms with Crippen LogP contribution in [-0.4, -0.2) is 54.3 Å². The minimum absolute atomic E-state index is 0.127. The van der Waals surface area contributed by atoms with Crippen molar-refractivity contribution in [3.8, 4) is 0 Å². The normalized spacial score (nSPS) is 16.1. The van der Waals surface area contributed by atoms with Crippen molar-refractivity contribution in [2.75, 3.05) is 36.0 Å². The van der Waals surface area contributed by atoms with Gasteiger partial charge in [0.2, 0.25) is 0 Å². The van der Waals surface area contributed by atoms with E-state index < -0.39 is 14.6 Å². The van der Waals surface area contributed by atoms with Crippen molar-refractivity contribution in [1.29, 1.82) is 0 Å². The number of hydrogen-bond donors (Lipinski definition) is 0. The van der Waals surface area contributed by atoms with E-state index in [-0.39, 0.29) is 5.03 Å². The third-order valence-corrected chi connectivity index (χ3v) is 6.73. The first kappa shape index (κ1) is 17.6. The molecule has 1 aliphatic heterocycles. The Bertz CT molecular complexity index is 808. The molecular weight excluding hydrogens is 338 g/mol. The van der Waals surface area contributed by atoms with Crippen LogP contribution in [0.15, 0.2) is 41.9 Å². The third kappa shape index (κ3) is 3.58. The van der Waals surface area contributed by atoms with E-state index in [1.54, 1.807) is 51.6 Å². The van der Waals surface area contributed by atoms with Crippen LogP contribution in [0.25, 0.3) is 0 Å². The summed E-state index contributed by atoms with van der Waals surface area (Å²) in [6.07, 6.45) is 6.78. The molecule has 0 aromatic carbocycles. The molecule has 0 aliphatic carbocycles. The van der Waals surface area contributed by atoms with Gasteiger partial charge in [0.1, 0.15) is 5.82 Å². The fourth-order valence-corrected chi connectivity index (χ4v) is 3.75. The fourth-order valence-electron chi connectivity index (χ4n) is 2.68. The molecule has 0 atom stereocenters. The largest absolute Gasteiger partial charge is 0.367 e. The van der Waals surface area contributed by atoms with Gasteiger partial charge in [-0.15, -0.1) is 0 Å². The van der Waals surface area contributed by atoms with E-state index in [2.05, 4.69) is 24.8 Å². The first-order chi connectivity index (χ1) is 11.8. The van der Waals surface area contributed by atoms with Crippen molar-refractivity contribution in [3.63, 3.8) is 0 Å². The highest BCUT2D eigenvalue weighted by Crippen LogP contribution is 2.25. The van der Waals surface area contributed by atoms with Gasteiger partial charge in [-0.3, -0.25) is 4.98 Å². The summed E-state index contributed by atoms with van der Waals surface area (Å²) in [6, 6.07) is 3.44. The Hall–Kier alpha value is -2.22. The summed E-state index contributed by atoms with van der Waals surface area (Å²) >= 11 is 0. The van der Waals surface area contributed by atoms with Crippen LogP contribution >= 0.6 is 0 Å². The van der Waals surface area contributed by atoms with E-state index in [4.69, 9.17) is 0 Å². The molecule has 2 aromatic rings. The number of anilines is 2. The zero-order chi connectivity index (χ0) is 18.1. The zero-order valence-corrected chi connectivity index (χ0v) is 15.6. The lowest BCUT2D eigenvalue weighted by atomic mass is 10.2. The summed E-state index contributed by atoms with van der Waals surface area (Å²) in [7, 11) is -3.42. The number of pyridine rings is 1. The molecule has 7 nitrogen and oxygen atoms in total. The van der Waals surface area contributed by atoms with Gasteiger partial charge in [-0.25, -0.2) is 18.4 Å². The Kier molecular flexibility index (Phi) is 4.64. The average Bonchev–Trinajstić information content (AvgIpc) is 2.62. The number of sulfone groups is 1. The highest BCUT2D eigenvalue weighted by Gasteiger charge is 2.32. The second-order valence-electron chi connectivity index (χ2n) is 7.01. The van der Waals surface area contributed by atoms with Gasteiger partial charge in [0.05, 0.1) is 22.8 Å². The maximum atomic E-state index is 12.4. The lowest BCUT2D eigenvalue weighted by molar-refractivity contribution is 0.556. The van der Waals surface area contributed by atoms with Crippen LogP contribution < -0.4 is 9.80 Å². The molecule has 0 bridgehead atoms. The van der Waals surface area contributed by atoms with E-state index in [0.29, 0.717) is 0 Å². The molecule has 2 aromatic heterocycles. The minimum Gasteiger partial charge on any atom is -0.367 e. The van der Waals surface area contributed by atoms with Crippen LogP contribution in [0.5, 0.6) is 0 Å². The molecule has 134 valence electrons. The number of nitrogens with zero attached hydrogens (tertiary/aromatic N) is 5. The Morgan fingerprint density at radius 2 is 1.60 bits per heavy atom. The highest BCUT2D eigenvalue weighted by molar-refractivity contribution is 7.92. The highest BCUT2D eigenvalue weighted by atomic mass is 32.2. The molecule has 3 heterocycles. The van der Waals surface area contributed by atoms with Crippen molar-refractivity contribution in [3.05, 3.63) is 36.9 Å². The number of hydrogen-bond acceptors (Lipinski definition) is 7. The molecule has 8 heteroatoms. The van der Waals surface area contributed by atoms with E-state index >= 15 is 0 Å². The number of piperazine rings is 1. The zero-order valence-electron chi connectivity index (χ0n) is 14.8. The minimum atomic E-state index is -3.42. The van der Waals surface area contributed by atoms with Gasteiger partial charge >= 0.3 is 0 Å². The first-order valence-electron chi connectivity index (χ1n) is 8.26. The van der Waals surface area contributed by atoms with Crippen LogP contribution in [0.1, 0.15) is 20.8 Å². The van der Waals surface area contributed by atoms with Crippen LogP contribution in [-0.2, 0) is 9.84 Å². The van der Waals surface area contributed by atoms with Gasteiger partial charge in [0.25, 0.3) is 0 Å². The lowest BCUT2D eigenvalue weighted by Crippen LogP contribution is -2.46. The number of rotatable bonds is 3. The third-order valence-electron chi connectivity index (χ3n) is 4.32. The molecule has 1 saturated heterocycles. The molecule has 0 saturated carbocycles. The summed E-state index contributed by atoms with van der Waals surface area (Å²) < 4.78 is 24.0. The smallest absolute Gasteiger partial charge is 0.200 e. The molecule has 1 fully saturated rings. The maximum absolute atomic E-state index is 12.4. The maximum Gasteiger partial charge on any atom is 0.200 e. The van der Waals surface area contributed by atoms with Crippen LogP contribution in [0.4, 0.5) is 11.5 Å². The monoisotopic (exact) mass is 361 g/mol. The summed E-state index contributed by atoms with van der Waals surface area (Å²) in [5, 5.41) is 0.127. The standard InChI is InChI=1S/C17H23N5O2S/c1-17(2,3)25(23,24)16-5-4-14(12-20-16)21-8-10-22(11-9-21)15-13-18-6-7-19-15/h4-7,12-13H,8-11H2,1-3H3. The van der Waals surface area contributed by atoms with E-state index in [9.17, 15) is 8.42 Å². The molecule has 0 radical (unpaired) electrons. The number of aromatic nitrogens is 3. The lowest BCUT2D eigenvalue weighted by Gasteiger charge is -2.36. The average molecular weight is 361 g/mol. The first-order valence-corrected chi connectivity index (χ1v) is 9.74.